The van der Waals surface area contributed by atoms with Crippen molar-refractivity contribution in [2.45, 2.75) is 32.1 Å². The second kappa shape index (κ2) is 4.90. The standard InChI is InChI=1S/C18H16O/c1-2-3-11-17(19)18-15-9-5-4-7-13(15)12-14-8-6-10-16(14)18/h1,4-5,7,9,12H,3,6,8,10-11H2. The zero-order chi connectivity index (χ0) is 13.2. The van der Waals surface area contributed by atoms with Crippen molar-refractivity contribution in [3.05, 3.63) is 47.0 Å². The van der Waals surface area contributed by atoms with Crippen LogP contribution in [0.4, 0.5) is 0 Å². The third kappa shape index (κ3) is 2.04. The van der Waals surface area contributed by atoms with Crippen LogP contribution in [0.15, 0.2) is 30.3 Å². The largest absolute Gasteiger partial charge is 0.294 e. The number of ketones is 1. The summed E-state index contributed by atoms with van der Waals surface area (Å²) in [7, 11) is 0. The van der Waals surface area contributed by atoms with Crippen molar-refractivity contribution in [1.82, 2.24) is 0 Å². The van der Waals surface area contributed by atoms with Crippen LogP contribution in [0.5, 0.6) is 0 Å². The normalized spacial score (nSPS) is 13.2. The fourth-order valence-corrected chi connectivity index (χ4v) is 3.04. The molecule has 94 valence electrons. The summed E-state index contributed by atoms with van der Waals surface area (Å²) in [5, 5.41) is 2.26. The number of rotatable bonds is 3. The van der Waals surface area contributed by atoms with E-state index >= 15 is 0 Å². The molecular formula is C18H16O. The minimum absolute atomic E-state index is 0.202. The molecule has 0 radical (unpaired) electrons. The summed E-state index contributed by atoms with van der Waals surface area (Å²) < 4.78 is 0. The second-order valence-electron chi connectivity index (χ2n) is 5.09. The van der Waals surface area contributed by atoms with Gasteiger partial charge in [0.05, 0.1) is 0 Å². The van der Waals surface area contributed by atoms with E-state index in [0.717, 1.165) is 30.2 Å². The van der Waals surface area contributed by atoms with Crippen molar-refractivity contribution < 1.29 is 4.79 Å². The molecule has 3 rings (SSSR count). The van der Waals surface area contributed by atoms with Gasteiger partial charge in [-0.3, -0.25) is 4.79 Å². The Morgan fingerprint density at radius 2 is 2.11 bits per heavy atom. The quantitative estimate of drug-likeness (QED) is 0.594. The Balaban J connectivity index is 2.21. The zero-order valence-corrected chi connectivity index (χ0v) is 10.9. The van der Waals surface area contributed by atoms with Gasteiger partial charge < -0.3 is 0 Å². The molecule has 1 nitrogen and oxygen atoms in total. The summed E-state index contributed by atoms with van der Waals surface area (Å²) in [4.78, 5) is 12.5. The molecule has 0 atom stereocenters. The third-order valence-corrected chi connectivity index (χ3v) is 3.90. The highest BCUT2D eigenvalue weighted by molar-refractivity contribution is 6.10. The second-order valence-corrected chi connectivity index (χ2v) is 5.09. The lowest BCUT2D eigenvalue weighted by molar-refractivity contribution is 0.0985. The van der Waals surface area contributed by atoms with Gasteiger partial charge in [0.15, 0.2) is 5.78 Å². The van der Waals surface area contributed by atoms with Crippen LogP contribution in [0.25, 0.3) is 10.8 Å². The van der Waals surface area contributed by atoms with Gasteiger partial charge in [-0.05, 0) is 41.2 Å². The number of hydrogen-bond acceptors (Lipinski definition) is 1. The predicted molar refractivity (Wildman–Crippen MR) is 78.4 cm³/mol. The van der Waals surface area contributed by atoms with Gasteiger partial charge in [-0.2, -0.15) is 0 Å². The van der Waals surface area contributed by atoms with E-state index in [-0.39, 0.29) is 5.78 Å². The lowest BCUT2D eigenvalue weighted by atomic mass is 9.91. The van der Waals surface area contributed by atoms with Crippen molar-refractivity contribution in [2.75, 3.05) is 0 Å². The van der Waals surface area contributed by atoms with E-state index in [1.807, 2.05) is 12.1 Å². The van der Waals surface area contributed by atoms with Crippen molar-refractivity contribution in [3.63, 3.8) is 0 Å². The molecule has 0 N–H and O–H groups in total. The number of hydrogen-bond donors (Lipinski definition) is 0. The van der Waals surface area contributed by atoms with Gasteiger partial charge in [0, 0.05) is 18.4 Å². The van der Waals surface area contributed by atoms with Gasteiger partial charge in [0.2, 0.25) is 0 Å². The Hall–Kier alpha value is -2.07. The van der Waals surface area contributed by atoms with Crippen molar-refractivity contribution in [2.24, 2.45) is 0 Å². The van der Waals surface area contributed by atoms with Crippen LogP contribution in [0.2, 0.25) is 0 Å². The summed E-state index contributed by atoms with van der Waals surface area (Å²) in [5.74, 6) is 2.77. The average Bonchev–Trinajstić information content (AvgIpc) is 2.89. The van der Waals surface area contributed by atoms with Gasteiger partial charge in [-0.1, -0.05) is 30.3 Å². The smallest absolute Gasteiger partial charge is 0.164 e. The topological polar surface area (TPSA) is 17.1 Å². The van der Waals surface area contributed by atoms with Crippen LogP contribution < -0.4 is 0 Å². The summed E-state index contributed by atoms with van der Waals surface area (Å²) in [5.41, 5.74) is 3.55. The molecule has 0 fully saturated rings. The van der Waals surface area contributed by atoms with E-state index in [4.69, 9.17) is 6.42 Å². The van der Waals surface area contributed by atoms with Crippen LogP contribution in [0, 0.1) is 12.3 Å². The molecule has 2 aromatic rings. The number of carbonyl (C=O) groups excluding carboxylic acids is 1. The molecule has 1 aliphatic rings. The lowest BCUT2D eigenvalue weighted by Gasteiger charge is -2.11. The van der Waals surface area contributed by atoms with Gasteiger partial charge in [-0.25, -0.2) is 0 Å². The highest BCUT2D eigenvalue weighted by Gasteiger charge is 2.21. The Labute approximate surface area is 113 Å². The van der Waals surface area contributed by atoms with Gasteiger partial charge in [-0.15, -0.1) is 12.3 Å². The number of benzene rings is 2. The first kappa shape index (κ1) is 12.0. The van der Waals surface area contributed by atoms with E-state index in [1.54, 1.807) is 0 Å². The number of carbonyl (C=O) groups is 1. The molecule has 0 aliphatic heterocycles. The molecular weight excluding hydrogens is 232 g/mol. The van der Waals surface area contributed by atoms with Crippen LogP contribution in [-0.2, 0) is 12.8 Å². The average molecular weight is 248 g/mol. The van der Waals surface area contributed by atoms with Crippen molar-refractivity contribution in [1.29, 1.82) is 0 Å². The molecule has 0 aromatic heterocycles. The monoisotopic (exact) mass is 248 g/mol. The summed E-state index contributed by atoms with van der Waals surface area (Å²) in [6.07, 6.45) is 9.53. The molecule has 0 bridgehead atoms. The molecule has 1 heteroatoms. The van der Waals surface area contributed by atoms with Crippen LogP contribution >= 0.6 is 0 Å². The summed E-state index contributed by atoms with van der Waals surface area (Å²) in [6.45, 7) is 0. The molecule has 0 saturated carbocycles. The minimum atomic E-state index is 0.202. The first-order chi connectivity index (χ1) is 9.31. The maximum Gasteiger partial charge on any atom is 0.164 e. The van der Waals surface area contributed by atoms with Crippen LogP contribution in [0.3, 0.4) is 0 Å². The molecule has 1 aliphatic carbocycles. The predicted octanol–water partition coefficient (Wildman–Crippen LogP) is 3.92. The van der Waals surface area contributed by atoms with Gasteiger partial charge >= 0.3 is 0 Å². The highest BCUT2D eigenvalue weighted by Crippen LogP contribution is 2.33. The molecule has 0 unspecified atom stereocenters. The maximum atomic E-state index is 12.5. The minimum Gasteiger partial charge on any atom is -0.294 e. The van der Waals surface area contributed by atoms with Gasteiger partial charge in [0.25, 0.3) is 0 Å². The number of Topliss-reactive ketones (excluding diaryl/α,β-unsaturated/α-hetero) is 1. The summed E-state index contributed by atoms with van der Waals surface area (Å²) in [6, 6.07) is 10.4. The van der Waals surface area contributed by atoms with Gasteiger partial charge in [0.1, 0.15) is 0 Å². The molecule has 0 saturated heterocycles. The van der Waals surface area contributed by atoms with E-state index in [2.05, 4.69) is 24.1 Å². The fourth-order valence-electron chi connectivity index (χ4n) is 3.04. The SMILES string of the molecule is C#CCCC(=O)c1c2c(cc3ccccc13)CCC2. The molecule has 0 heterocycles. The Morgan fingerprint density at radius 1 is 1.26 bits per heavy atom. The number of aryl methyl sites for hydroxylation is 1. The molecule has 19 heavy (non-hydrogen) atoms. The lowest BCUT2D eigenvalue weighted by Crippen LogP contribution is -2.05. The molecule has 0 spiro atoms. The third-order valence-electron chi connectivity index (χ3n) is 3.90. The highest BCUT2D eigenvalue weighted by atomic mass is 16.1. The Morgan fingerprint density at radius 3 is 2.95 bits per heavy atom. The van der Waals surface area contributed by atoms with E-state index in [0.29, 0.717) is 12.8 Å². The first-order valence-electron chi connectivity index (χ1n) is 6.81. The Bertz CT molecular complexity index is 689. The fraction of sp³-hybridized carbons (Fsp3) is 0.278. The van der Waals surface area contributed by atoms with Crippen LogP contribution in [-0.4, -0.2) is 5.78 Å². The summed E-state index contributed by atoms with van der Waals surface area (Å²) >= 11 is 0. The van der Waals surface area contributed by atoms with E-state index in [1.165, 1.54) is 16.5 Å². The Kier molecular flexibility index (Phi) is 3.09. The number of fused-ring (bicyclic) bond motifs is 2. The van der Waals surface area contributed by atoms with E-state index < -0.39 is 0 Å². The molecule has 2 aromatic carbocycles. The maximum absolute atomic E-state index is 12.5. The first-order valence-corrected chi connectivity index (χ1v) is 6.81. The number of terminal acetylenes is 1. The molecule has 0 amide bonds. The van der Waals surface area contributed by atoms with Crippen molar-refractivity contribution >= 4 is 16.6 Å². The van der Waals surface area contributed by atoms with E-state index in [9.17, 15) is 4.79 Å². The zero-order valence-electron chi connectivity index (χ0n) is 10.9. The van der Waals surface area contributed by atoms with Crippen molar-refractivity contribution in [3.8, 4) is 12.3 Å². The van der Waals surface area contributed by atoms with Crippen LogP contribution in [0.1, 0.15) is 40.7 Å².